The van der Waals surface area contributed by atoms with Crippen LogP contribution in [-0.2, 0) is 9.53 Å². The van der Waals surface area contributed by atoms with E-state index in [9.17, 15) is 4.79 Å². The summed E-state index contributed by atoms with van der Waals surface area (Å²) in [5.74, 6) is -0.917. The van der Waals surface area contributed by atoms with Crippen LogP contribution < -0.4 is 0 Å². The smallest absolute Gasteiger partial charge is 0.334 e. The fraction of sp³-hybridized carbons (Fsp3) is 0.500. The average molecular weight is 130 g/mol. The summed E-state index contributed by atoms with van der Waals surface area (Å²) in [7, 11) is 1.43. The van der Waals surface area contributed by atoms with E-state index >= 15 is 0 Å². The number of ether oxygens (including phenoxy) is 1. The predicted octanol–water partition coefficient (Wildman–Crippen LogP) is 1.01. The van der Waals surface area contributed by atoms with Gasteiger partial charge in [-0.3, -0.25) is 0 Å². The second-order valence-electron chi connectivity index (χ2n) is 1.54. The van der Waals surface area contributed by atoms with Gasteiger partial charge >= 0.3 is 5.97 Å². The minimum atomic E-state index is -0.917. The van der Waals surface area contributed by atoms with E-state index in [-0.39, 0.29) is 5.57 Å². The Bertz CT molecular complexity index is 126. The Labute approximate surface area is 53.9 Å². The molecule has 0 aromatic carbocycles. The van der Waals surface area contributed by atoms with E-state index in [2.05, 4.69) is 4.74 Å². The van der Waals surface area contributed by atoms with Gasteiger partial charge in [-0.2, -0.15) is 0 Å². The molecule has 3 nitrogen and oxygen atoms in total. The van der Waals surface area contributed by atoms with Crippen LogP contribution in [0.4, 0.5) is 0 Å². The Hall–Kier alpha value is -0.990. The zero-order valence-electron chi connectivity index (χ0n) is 5.55. The van der Waals surface area contributed by atoms with Crippen molar-refractivity contribution < 1.29 is 14.6 Å². The van der Waals surface area contributed by atoms with Crippen LogP contribution in [0.2, 0.25) is 0 Å². The van der Waals surface area contributed by atoms with Gasteiger partial charge in [-0.15, -0.1) is 0 Å². The quantitative estimate of drug-likeness (QED) is 0.458. The van der Waals surface area contributed by atoms with Crippen LogP contribution in [-0.4, -0.2) is 18.2 Å². The summed E-state index contributed by atoms with van der Waals surface area (Å²) >= 11 is 0. The molecule has 52 valence electrons. The first-order valence-electron chi connectivity index (χ1n) is 2.67. The molecule has 0 atom stereocenters. The second kappa shape index (κ2) is 3.95. The Balaban J connectivity index is 3.98. The lowest BCUT2D eigenvalue weighted by Gasteiger charge is -1.94. The number of aliphatic carboxylic acids is 1. The molecule has 3 heteroatoms. The molecule has 0 aliphatic rings. The summed E-state index contributed by atoms with van der Waals surface area (Å²) in [5.41, 5.74) is 0.289. The molecule has 0 radical (unpaired) electrons. The van der Waals surface area contributed by atoms with E-state index in [1.807, 2.05) is 0 Å². The van der Waals surface area contributed by atoms with Gasteiger partial charge in [-0.05, 0) is 6.42 Å². The van der Waals surface area contributed by atoms with Crippen LogP contribution in [0.15, 0.2) is 11.8 Å². The standard InChI is InChI=1S/C6H10O3/c1-3-5(4-9-2)6(7)8/h4H,3H2,1-2H3,(H,7,8)/b5-4-. The predicted molar refractivity (Wildman–Crippen MR) is 33.0 cm³/mol. The molecular weight excluding hydrogens is 120 g/mol. The van der Waals surface area contributed by atoms with E-state index < -0.39 is 5.97 Å². The van der Waals surface area contributed by atoms with Crippen molar-refractivity contribution in [1.29, 1.82) is 0 Å². The maximum absolute atomic E-state index is 10.2. The molecule has 0 aromatic heterocycles. The van der Waals surface area contributed by atoms with Gasteiger partial charge in [0.25, 0.3) is 0 Å². The molecule has 0 saturated heterocycles. The third kappa shape index (κ3) is 2.74. The van der Waals surface area contributed by atoms with E-state index in [1.165, 1.54) is 13.4 Å². The van der Waals surface area contributed by atoms with E-state index in [1.54, 1.807) is 6.92 Å². The third-order valence-corrected chi connectivity index (χ3v) is 0.916. The zero-order valence-corrected chi connectivity index (χ0v) is 5.55. The van der Waals surface area contributed by atoms with Gasteiger partial charge < -0.3 is 9.84 Å². The molecule has 0 amide bonds. The largest absolute Gasteiger partial charge is 0.504 e. The molecular formula is C6H10O3. The minimum absolute atomic E-state index is 0.289. The lowest BCUT2D eigenvalue weighted by molar-refractivity contribution is -0.132. The first-order valence-corrected chi connectivity index (χ1v) is 2.67. The first-order chi connectivity index (χ1) is 4.22. The van der Waals surface area contributed by atoms with Crippen molar-refractivity contribution >= 4 is 5.97 Å². The highest BCUT2D eigenvalue weighted by molar-refractivity contribution is 5.86. The Kier molecular flexibility index (Phi) is 3.51. The SMILES string of the molecule is CC/C(=C/OC)C(=O)O. The molecule has 0 fully saturated rings. The van der Waals surface area contributed by atoms with Gasteiger partial charge in [0.05, 0.1) is 18.9 Å². The summed E-state index contributed by atoms with van der Waals surface area (Å²) in [6.07, 6.45) is 1.73. The molecule has 0 rings (SSSR count). The molecule has 0 heterocycles. The third-order valence-electron chi connectivity index (χ3n) is 0.916. The number of hydrogen-bond donors (Lipinski definition) is 1. The van der Waals surface area contributed by atoms with Crippen molar-refractivity contribution in [3.05, 3.63) is 11.8 Å². The maximum Gasteiger partial charge on any atom is 0.334 e. The summed E-state index contributed by atoms with van der Waals surface area (Å²) in [6, 6.07) is 0. The second-order valence-corrected chi connectivity index (χ2v) is 1.54. The van der Waals surface area contributed by atoms with Crippen LogP contribution in [0.1, 0.15) is 13.3 Å². The number of methoxy groups -OCH3 is 1. The van der Waals surface area contributed by atoms with Gasteiger partial charge in [0, 0.05) is 0 Å². The molecule has 0 aliphatic carbocycles. The van der Waals surface area contributed by atoms with Crippen molar-refractivity contribution in [2.45, 2.75) is 13.3 Å². The molecule has 1 N–H and O–H groups in total. The number of carboxylic acids is 1. The van der Waals surface area contributed by atoms with Crippen LogP contribution in [0.3, 0.4) is 0 Å². The fourth-order valence-corrected chi connectivity index (χ4v) is 0.427. The highest BCUT2D eigenvalue weighted by Gasteiger charge is 2.02. The van der Waals surface area contributed by atoms with Crippen LogP contribution in [0.5, 0.6) is 0 Å². The summed E-state index contributed by atoms with van der Waals surface area (Å²) in [5, 5.41) is 8.36. The first kappa shape index (κ1) is 8.01. The lowest BCUT2D eigenvalue weighted by atomic mass is 10.2. The minimum Gasteiger partial charge on any atom is -0.504 e. The van der Waals surface area contributed by atoms with Crippen LogP contribution >= 0.6 is 0 Å². The average Bonchev–Trinajstić information content (AvgIpc) is 1.82. The highest BCUT2D eigenvalue weighted by Crippen LogP contribution is 1.98. The lowest BCUT2D eigenvalue weighted by Crippen LogP contribution is -1.98. The van der Waals surface area contributed by atoms with Gasteiger partial charge in [0.1, 0.15) is 0 Å². The Morgan fingerprint density at radius 2 is 2.33 bits per heavy atom. The molecule has 0 aliphatic heterocycles. The highest BCUT2D eigenvalue weighted by atomic mass is 16.5. The molecule has 0 aromatic rings. The fourth-order valence-electron chi connectivity index (χ4n) is 0.427. The number of hydrogen-bond acceptors (Lipinski definition) is 2. The van der Waals surface area contributed by atoms with Crippen molar-refractivity contribution in [3.8, 4) is 0 Å². The van der Waals surface area contributed by atoms with Crippen LogP contribution in [0.25, 0.3) is 0 Å². The number of carboxylic acid groups (broad SMARTS) is 1. The normalized spacial score (nSPS) is 11.1. The van der Waals surface area contributed by atoms with Gasteiger partial charge in [0.2, 0.25) is 0 Å². The molecule has 0 unspecified atom stereocenters. The summed E-state index contributed by atoms with van der Waals surface area (Å²) < 4.78 is 4.51. The molecule has 0 bridgehead atoms. The van der Waals surface area contributed by atoms with Crippen molar-refractivity contribution in [1.82, 2.24) is 0 Å². The monoisotopic (exact) mass is 130 g/mol. The van der Waals surface area contributed by atoms with Crippen molar-refractivity contribution in [3.63, 3.8) is 0 Å². The molecule has 0 spiro atoms. The van der Waals surface area contributed by atoms with Crippen LogP contribution in [0, 0.1) is 0 Å². The van der Waals surface area contributed by atoms with Gasteiger partial charge in [-0.1, -0.05) is 6.92 Å². The van der Waals surface area contributed by atoms with E-state index in [0.717, 1.165) is 0 Å². The summed E-state index contributed by atoms with van der Waals surface area (Å²) in [6.45, 7) is 1.76. The number of rotatable bonds is 3. The zero-order chi connectivity index (χ0) is 7.28. The van der Waals surface area contributed by atoms with E-state index in [4.69, 9.17) is 5.11 Å². The summed E-state index contributed by atoms with van der Waals surface area (Å²) in [4.78, 5) is 10.2. The number of carbonyl (C=O) groups is 1. The maximum atomic E-state index is 10.2. The van der Waals surface area contributed by atoms with Gasteiger partial charge in [-0.25, -0.2) is 4.79 Å². The topological polar surface area (TPSA) is 46.5 Å². The Morgan fingerprint density at radius 3 is 2.44 bits per heavy atom. The molecule has 9 heavy (non-hydrogen) atoms. The molecule has 0 saturated carbocycles. The van der Waals surface area contributed by atoms with Crippen molar-refractivity contribution in [2.24, 2.45) is 0 Å². The Morgan fingerprint density at radius 1 is 1.78 bits per heavy atom. The van der Waals surface area contributed by atoms with Gasteiger partial charge in [0.15, 0.2) is 0 Å². The van der Waals surface area contributed by atoms with E-state index in [0.29, 0.717) is 6.42 Å². The van der Waals surface area contributed by atoms with Crippen molar-refractivity contribution in [2.75, 3.05) is 7.11 Å².